The first-order chi connectivity index (χ1) is 9.38. The van der Waals surface area contributed by atoms with Crippen LogP contribution in [0.1, 0.15) is 15.9 Å². The molecular formula is C14H11BrClFN2O. The van der Waals surface area contributed by atoms with Gasteiger partial charge in [0, 0.05) is 15.7 Å². The zero-order valence-corrected chi connectivity index (χ0v) is 12.8. The molecule has 0 unspecified atom stereocenters. The number of halogens is 3. The monoisotopic (exact) mass is 356 g/mol. The number of rotatable bonds is 2. The Hall–Kier alpha value is -1.59. The van der Waals surface area contributed by atoms with Gasteiger partial charge in [0.1, 0.15) is 5.82 Å². The van der Waals surface area contributed by atoms with Crippen molar-refractivity contribution in [2.75, 3.05) is 11.1 Å². The largest absolute Gasteiger partial charge is 0.398 e. The molecule has 104 valence electrons. The summed E-state index contributed by atoms with van der Waals surface area (Å²) in [6, 6.07) is 7.25. The van der Waals surface area contributed by atoms with Crippen LogP contribution in [0.5, 0.6) is 0 Å². The molecule has 0 atom stereocenters. The molecule has 0 aromatic heterocycles. The van der Waals surface area contributed by atoms with Crippen LogP contribution < -0.4 is 11.1 Å². The van der Waals surface area contributed by atoms with E-state index in [0.717, 1.165) is 11.6 Å². The molecule has 0 aliphatic carbocycles. The number of carbonyl (C=O) groups excluding carboxylic acids is 1. The minimum absolute atomic E-state index is 0.0971. The molecule has 6 heteroatoms. The van der Waals surface area contributed by atoms with E-state index in [0.29, 0.717) is 15.8 Å². The van der Waals surface area contributed by atoms with Gasteiger partial charge in [-0.3, -0.25) is 4.79 Å². The average molecular weight is 358 g/mol. The van der Waals surface area contributed by atoms with Crippen molar-refractivity contribution in [2.45, 2.75) is 6.92 Å². The number of aryl methyl sites for hydroxylation is 1. The van der Waals surface area contributed by atoms with Crippen LogP contribution in [-0.4, -0.2) is 5.91 Å². The van der Waals surface area contributed by atoms with Crippen molar-refractivity contribution in [1.82, 2.24) is 0 Å². The van der Waals surface area contributed by atoms with Gasteiger partial charge in [0.05, 0.1) is 10.7 Å². The van der Waals surface area contributed by atoms with E-state index in [2.05, 4.69) is 21.2 Å². The molecule has 0 bridgehead atoms. The average Bonchev–Trinajstić information content (AvgIpc) is 2.39. The van der Waals surface area contributed by atoms with Crippen LogP contribution in [0.3, 0.4) is 0 Å². The number of nitrogens with one attached hydrogen (secondary N) is 1. The van der Waals surface area contributed by atoms with Gasteiger partial charge in [0.2, 0.25) is 0 Å². The lowest BCUT2D eigenvalue weighted by Gasteiger charge is -2.10. The molecule has 0 heterocycles. The van der Waals surface area contributed by atoms with Crippen molar-refractivity contribution in [1.29, 1.82) is 0 Å². The van der Waals surface area contributed by atoms with Crippen LogP contribution in [0.15, 0.2) is 34.8 Å². The van der Waals surface area contributed by atoms with Crippen LogP contribution >= 0.6 is 27.5 Å². The predicted octanol–water partition coefficient (Wildman–Crippen LogP) is 4.38. The number of hydrogen-bond acceptors (Lipinski definition) is 2. The fraction of sp³-hybridized carbons (Fsp3) is 0.0714. The van der Waals surface area contributed by atoms with Crippen LogP contribution in [-0.2, 0) is 0 Å². The lowest BCUT2D eigenvalue weighted by molar-refractivity contribution is 0.102. The highest BCUT2D eigenvalue weighted by molar-refractivity contribution is 9.10. The Morgan fingerprint density at radius 1 is 1.35 bits per heavy atom. The molecule has 20 heavy (non-hydrogen) atoms. The summed E-state index contributed by atoms with van der Waals surface area (Å²) in [6.45, 7) is 1.87. The third-order valence-electron chi connectivity index (χ3n) is 2.79. The van der Waals surface area contributed by atoms with Crippen molar-refractivity contribution in [3.8, 4) is 0 Å². The number of benzene rings is 2. The minimum atomic E-state index is -0.566. The highest BCUT2D eigenvalue weighted by Crippen LogP contribution is 2.28. The second-order valence-electron chi connectivity index (χ2n) is 4.27. The molecule has 0 fully saturated rings. The maximum atomic E-state index is 13.1. The SMILES string of the molecule is Cc1cc(Br)c(NC(=O)c2ccc(F)c(Cl)c2)cc1N. The van der Waals surface area contributed by atoms with E-state index in [-0.39, 0.29) is 10.6 Å². The van der Waals surface area contributed by atoms with Gasteiger partial charge in [-0.25, -0.2) is 4.39 Å². The maximum Gasteiger partial charge on any atom is 0.255 e. The second-order valence-corrected chi connectivity index (χ2v) is 5.53. The molecule has 3 N–H and O–H groups in total. The fourth-order valence-electron chi connectivity index (χ4n) is 1.62. The Bertz CT molecular complexity index is 691. The van der Waals surface area contributed by atoms with E-state index in [4.69, 9.17) is 17.3 Å². The molecule has 2 aromatic carbocycles. The molecule has 2 aromatic rings. The summed E-state index contributed by atoms with van der Waals surface area (Å²) in [5.74, 6) is -0.958. The van der Waals surface area contributed by atoms with E-state index < -0.39 is 11.7 Å². The van der Waals surface area contributed by atoms with E-state index in [1.165, 1.54) is 12.1 Å². The molecule has 2 rings (SSSR count). The summed E-state index contributed by atoms with van der Waals surface area (Å²) in [5, 5.41) is 2.60. The van der Waals surface area contributed by atoms with Crippen molar-refractivity contribution < 1.29 is 9.18 Å². The first kappa shape index (κ1) is 14.8. The Balaban J connectivity index is 2.27. The standard InChI is InChI=1S/C14H11BrClFN2O/c1-7-4-9(15)13(6-12(7)18)19-14(20)8-2-3-11(17)10(16)5-8/h2-6H,18H2,1H3,(H,19,20). The molecule has 0 saturated heterocycles. The van der Waals surface area contributed by atoms with Crippen LogP contribution in [0.25, 0.3) is 0 Å². The number of anilines is 2. The zero-order valence-electron chi connectivity index (χ0n) is 10.5. The van der Waals surface area contributed by atoms with Gasteiger partial charge < -0.3 is 11.1 Å². The van der Waals surface area contributed by atoms with E-state index in [1.54, 1.807) is 6.07 Å². The summed E-state index contributed by atoms with van der Waals surface area (Å²) >= 11 is 9.01. The molecule has 0 spiro atoms. The van der Waals surface area contributed by atoms with E-state index in [1.807, 2.05) is 13.0 Å². The molecule has 0 aliphatic rings. The molecule has 3 nitrogen and oxygen atoms in total. The fourth-order valence-corrected chi connectivity index (χ4v) is 2.35. The Morgan fingerprint density at radius 3 is 2.70 bits per heavy atom. The normalized spacial score (nSPS) is 10.4. The van der Waals surface area contributed by atoms with Gasteiger partial charge in [0.25, 0.3) is 5.91 Å². The first-order valence-electron chi connectivity index (χ1n) is 5.70. The summed E-state index contributed by atoms with van der Waals surface area (Å²) < 4.78 is 13.8. The van der Waals surface area contributed by atoms with Gasteiger partial charge in [0.15, 0.2) is 0 Å². The van der Waals surface area contributed by atoms with Crippen molar-refractivity contribution in [3.63, 3.8) is 0 Å². The van der Waals surface area contributed by atoms with Gasteiger partial charge in [-0.1, -0.05) is 11.6 Å². The third kappa shape index (κ3) is 3.11. The van der Waals surface area contributed by atoms with Crippen molar-refractivity contribution in [3.05, 3.63) is 56.8 Å². The maximum absolute atomic E-state index is 13.1. The molecule has 0 radical (unpaired) electrons. The number of carbonyl (C=O) groups is 1. The highest BCUT2D eigenvalue weighted by Gasteiger charge is 2.11. The summed E-state index contributed by atoms with van der Waals surface area (Å²) in [6.07, 6.45) is 0. The third-order valence-corrected chi connectivity index (χ3v) is 3.73. The lowest BCUT2D eigenvalue weighted by atomic mass is 10.1. The molecule has 1 amide bonds. The number of amides is 1. The quantitative estimate of drug-likeness (QED) is 0.783. The Kier molecular flexibility index (Phi) is 4.30. The van der Waals surface area contributed by atoms with Crippen molar-refractivity contribution in [2.24, 2.45) is 0 Å². The summed E-state index contributed by atoms with van der Waals surface area (Å²) in [4.78, 5) is 12.1. The van der Waals surface area contributed by atoms with Crippen LogP contribution in [0.2, 0.25) is 5.02 Å². The first-order valence-corrected chi connectivity index (χ1v) is 6.87. The number of nitrogens with two attached hydrogens (primary N) is 1. The van der Waals surface area contributed by atoms with Gasteiger partial charge in [-0.05, 0) is 58.7 Å². The van der Waals surface area contributed by atoms with E-state index >= 15 is 0 Å². The smallest absolute Gasteiger partial charge is 0.255 e. The Morgan fingerprint density at radius 2 is 2.05 bits per heavy atom. The van der Waals surface area contributed by atoms with Gasteiger partial charge >= 0.3 is 0 Å². The zero-order chi connectivity index (χ0) is 14.9. The van der Waals surface area contributed by atoms with Gasteiger partial charge in [-0.15, -0.1) is 0 Å². The summed E-state index contributed by atoms with van der Waals surface area (Å²) in [5.41, 5.74) is 8.08. The number of hydrogen-bond donors (Lipinski definition) is 2. The minimum Gasteiger partial charge on any atom is -0.398 e. The second kappa shape index (κ2) is 5.81. The number of nitrogen functional groups attached to an aromatic ring is 1. The van der Waals surface area contributed by atoms with Crippen LogP contribution in [0.4, 0.5) is 15.8 Å². The molecular weight excluding hydrogens is 347 g/mol. The molecule has 0 aliphatic heterocycles. The summed E-state index contributed by atoms with van der Waals surface area (Å²) in [7, 11) is 0. The van der Waals surface area contributed by atoms with E-state index in [9.17, 15) is 9.18 Å². The molecule has 0 saturated carbocycles. The topological polar surface area (TPSA) is 55.1 Å². The highest BCUT2D eigenvalue weighted by atomic mass is 79.9. The van der Waals surface area contributed by atoms with Crippen LogP contribution in [0, 0.1) is 12.7 Å². The lowest BCUT2D eigenvalue weighted by Crippen LogP contribution is -2.13. The van der Waals surface area contributed by atoms with Gasteiger partial charge in [-0.2, -0.15) is 0 Å². The predicted molar refractivity (Wildman–Crippen MR) is 82.7 cm³/mol. The Labute approximate surface area is 129 Å². The van der Waals surface area contributed by atoms with Crippen molar-refractivity contribution >= 4 is 44.8 Å².